The molecule has 100 valence electrons. The number of pyridine rings is 1. The molecule has 0 bridgehead atoms. The molecule has 0 radical (unpaired) electrons. The van der Waals surface area contributed by atoms with Gasteiger partial charge in [-0.3, -0.25) is 9.69 Å². The van der Waals surface area contributed by atoms with E-state index in [1.54, 1.807) is 12.3 Å². The van der Waals surface area contributed by atoms with Gasteiger partial charge in [-0.1, -0.05) is 6.92 Å². The number of carbonyl (C=O) groups is 1. The number of rotatable bonds is 3. The topological polar surface area (TPSA) is 77.2 Å². The Labute approximate surface area is 112 Å². The van der Waals surface area contributed by atoms with Crippen molar-refractivity contribution in [3.8, 4) is 6.07 Å². The molecule has 2 heterocycles. The summed E-state index contributed by atoms with van der Waals surface area (Å²) in [5.41, 5.74) is 1.31. The lowest BCUT2D eigenvalue weighted by molar-refractivity contribution is -0.147. The highest BCUT2D eigenvalue weighted by Crippen LogP contribution is 2.25. The maximum atomic E-state index is 11.4. The van der Waals surface area contributed by atoms with E-state index in [2.05, 4.69) is 4.98 Å². The number of nitriles is 1. The molecule has 5 nitrogen and oxygen atoms in total. The van der Waals surface area contributed by atoms with Crippen molar-refractivity contribution in [2.24, 2.45) is 5.92 Å². The molecule has 1 aromatic rings. The third-order valence-corrected chi connectivity index (χ3v) is 3.61. The fourth-order valence-electron chi connectivity index (χ4n) is 2.72. The van der Waals surface area contributed by atoms with E-state index in [9.17, 15) is 9.90 Å². The quantitative estimate of drug-likeness (QED) is 0.892. The standard InChI is InChI=1S/C14H17N3O2/c1-10-3-2-6-17(13(10)14(18)19)9-11-4-5-16-12(7-11)8-15/h4-5,7,10,13H,2-3,6,9H2,1H3,(H,18,19). The second-order valence-corrected chi connectivity index (χ2v) is 5.03. The van der Waals surface area contributed by atoms with Gasteiger partial charge in [-0.15, -0.1) is 0 Å². The molecule has 2 rings (SSSR count). The predicted octanol–water partition coefficient (Wildman–Crippen LogP) is 1.64. The van der Waals surface area contributed by atoms with Gasteiger partial charge in [0.2, 0.25) is 0 Å². The molecule has 0 amide bonds. The minimum atomic E-state index is -0.762. The highest BCUT2D eigenvalue weighted by molar-refractivity contribution is 5.74. The summed E-state index contributed by atoms with van der Waals surface area (Å²) in [5.74, 6) is -0.606. The zero-order valence-electron chi connectivity index (χ0n) is 10.9. The molecule has 1 aliphatic heterocycles. The van der Waals surface area contributed by atoms with E-state index in [1.807, 2.05) is 24.0 Å². The van der Waals surface area contributed by atoms with Gasteiger partial charge in [0.1, 0.15) is 17.8 Å². The van der Waals surface area contributed by atoms with Crippen molar-refractivity contribution in [3.63, 3.8) is 0 Å². The first kappa shape index (κ1) is 13.5. The molecule has 0 saturated carbocycles. The van der Waals surface area contributed by atoms with Crippen LogP contribution in [0.2, 0.25) is 0 Å². The Kier molecular flexibility index (Phi) is 4.13. The molecule has 1 saturated heterocycles. The molecule has 2 unspecified atom stereocenters. The van der Waals surface area contributed by atoms with Crippen LogP contribution in [0.3, 0.4) is 0 Å². The van der Waals surface area contributed by atoms with Gasteiger partial charge < -0.3 is 5.11 Å². The highest BCUT2D eigenvalue weighted by atomic mass is 16.4. The van der Waals surface area contributed by atoms with Crippen LogP contribution in [0.4, 0.5) is 0 Å². The average molecular weight is 259 g/mol. The number of aliphatic carboxylic acids is 1. The monoisotopic (exact) mass is 259 g/mol. The number of hydrogen-bond acceptors (Lipinski definition) is 4. The van der Waals surface area contributed by atoms with Gasteiger partial charge in [0.05, 0.1) is 0 Å². The van der Waals surface area contributed by atoms with Crippen LogP contribution >= 0.6 is 0 Å². The second kappa shape index (κ2) is 5.81. The maximum Gasteiger partial charge on any atom is 0.321 e. The third-order valence-electron chi connectivity index (χ3n) is 3.61. The van der Waals surface area contributed by atoms with Crippen molar-refractivity contribution >= 4 is 5.97 Å². The van der Waals surface area contributed by atoms with E-state index in [1.165, 1.54) is 0 Å². The van der Waals surface area contributed by atoms with Gasteiger partial charge in [-0.25, -0.2) is 4.98 Å². The SMILES string of the molecule is CC1CCCN(Cc2ccnc(C#N)c2)C1C(=O)O. The Morgan fingerprint density at radius 2 is 2.47 bits per heavy atom. The smallest absolute Gasteiger partial charge is 0.321 e. The zero-order valence-corrected chi connectivity index (χ0v) is 10.9. The molecular weight excluding hydrogens is 242 g/mol. The second-order valence-electron chi connectivity index (χ2n) is 5.03. The molecule has 19 heavy (non-hydrogen) atoms. The lowest BCUT2D eigenvalue weighted by Crippen LogP contribution is -2.48. The van der Waals surface area contributed by atoms with E-state index < -0.39 is 12.0 Å². The maximum absolute atomic E-state index is 11.4. The van der Waals surface area contributed by atoms with Gasteiger partial charge in [0, 0.05) is 12.7 Å². The molecule has 1 fully saturated rings. The van der Waals surface area contributed by atoms with Crippen LogP contribution in [0.5, 0.6) is 0 Å². The van der Waals surface area contributed by atoms with Crippen LogP contribution in [0.25, 0.3) is 0 Å². The summed E-state index contributed by atoms with van der Waals surface area (Å²) < 4.78 is 0. The van der Waals surface area contributed by atoms with Gasteiger partial charge in [0.25, 0.3) is 0 Å². The number of nitrogens with zero attached hydrogens (tertiary/aromatic N) is 3. The van der Waals surface area contributed by atoms with E-state index >= 15 is 0 Å². The summed E-state index contributed by atoms with van der Waals surface area (Å²) in [4.78, 5) is 17.3. The number of carboxylic acid groups (broad SMARTS) is 1. The van der Waals surface area contributed by atoms with Crippen molar-refractivity contribution in [3.05, 3.63) is 29.6 Å². The Morgan fingerprint density at radius 1 is 1.68 bits per heavy atom. The molecule has 1 N–H and O–H groups in total. The van der Waals surface area contributed by atoms with Crippen LogP contribution in [-0.4, -0.2) is 33.5 Å². The minimum Gasteiger partial charge on any atom is -0.480 e. The molecule has 0 spiro atoms. The lowest BCUT2D eigenvalue weighted by atomic mass is 9.90. The summed E-state index contributed by atoms with van der Waals surface area (Å²) in [6, 6.07) is 5.12. The average Bonchev–Trinajstić information content (AvgIpc) is 2.38. The van der Waals surface area contributed by atoms with Crippen molar-refractivity contribution in [1.82, 2.24) is 9.88 Å². The van der Waals surface area contributed by atoms with Gasteiger partial charge in [-0.2, -0.15) is 5.26 Å². The van der Waals surface area contributed by atoms with Crippen LogP contribution in [0.1, 0.15) is 31.0 Å². The Bertz CT molecular complexity index is 510. The molecule has 0 aliphatic carbocycles. The molecule has 1 aromatic heterocycles. The molecule has 5 heteroatoms. The minimum absolute atomic E-state index is 0.156. The van der Waals surface area contributed by atoms with Crippen molar-refractivity contribution in [1.29, 1.82) is 5.26 Å². The third kappa shape index (κ3) is 3.09. The molecular formula is C14H17N3O2. The normalized spacial score (nSPS) is 23.8. The largest absolute Gasteiger partial charge is 0.480 e. The highest BCUT2D eigenvalue weighted by Gasteiger charge is 2.33. The predicted molar refractivity (Wildman–Crippen MR) is 69.2 cm³/mol. The van der Waals surface area contributed by atoms with Crippen molar-refractivity contribution in [2.45, 2.75) is 32.4 Å². The number of likely N-dealkylation sites (tertiary alicyclic amines) is 1. The fraction of sp³-hybridized carbons (Fsp3) is 0.500. The summed E-state index contributed by atoms with van der Waals surface area (Å²) >= 11 is 0. The Balaban J connectivity index is 2.16. The molecule has 0 aromatic carbocycles. The molecule has 2 atom stereocenters. The van der Waals surface area contributed by atoms with Crippen LogP contribution in [0, 0.1) is 17.2 Å². The summed E-state index contributed by atoms with van der Waals surface area (Å²) in [5, 5.41) is 18.2. The fourth-order valence-corrected chi connectivity index (χ4v) is 2.72. The number of aromatic nitrogens is 1. The van der Waals surface area contributed by atoms with Gasteiger partial charge in [-0.05, 0) is 43.0 Å². The van der Waals surface area contributed by atoms with E-state index in [0.717, 1.165) is 24.9 Å². The molecule has 1 aliphatic rings. The summed E-state index contributed by atoms with van der Waals surface area (Å²) in [6.45, 7) is 3.32. The van der Waals surface area contributed by atoms with Crippen molar-refractivity contribution in [2.75, 3.05) is 6.54 Å². The van der Waals surface area contributed by atoms with E-state index in [4.69, 9.17) is 5.26 Å². The van der Waals surface area contributed by atoms with Gasteiger partial charge >= 0.3 is 5.97 Å². The van der Waals surface area contributed by atoms with Crippen LogP contribution in [0.15, 0.2) is 18.3 Å². The van der Waals surface area contributed by atoms with E-state index in [-0.39, 0.29) is 5.92 Å². The van der Waals surface area contributed by atoms with Crippen LogP contribution < -0.4 is 0 Å². The van der Waals surface area contributed by atoms with Crippen molar-refractivity contribution < 1.29 is 9.90 Å². The lowest BCUT2D eigenvalue weighted by Gasteiger charge is -2.37. The van der Waals surface area contributed by atoms with Crippen LogP contribution in [-0.2, 0) is 11.3 Å². The first-order valence-corrected chi connectivity index (χ1v) is 6.43. The number of piperidine rings is 1. The Hall–Kier alpha value is -1.93. The van der Waals surface area contributed by atoms with E-state index in [0.29, 0.717) is 12.2 Å². The number of hydrogen-bond donors (Lipinski definition) is 1. The Morgan fingerprint density at radius 3 is 3.16 bits per heavy atom. The summed E-state index contributed by atoms with van der Waals surface area (Å²) in [7, 11) is 0. The van der Waals surface area contributed by atoms with Gasteiger partial charge in [0.15, 0.2) is 0 Å². The number of carboxylic acids is 1. The zero-order chi connectivity index (χ0) is 13.8. The first-order valence-electron chi connectivity index (χ1n) is 6.43. The first-order chi connectivity index (χ1) is 9.11. The summed E-state index contributed by atoms with van der Waals surface area (Å²) in [6.07, 6.45) is 3.56.